The topological polar surface area (TPSA) is 39.2 Å². The highest BCUT2D eigenvalue weighted by Gasteiger charge is 2.32. The zero-order valence-electron chi connectivity index (χ0n) is 9.91. The lowest BCUT2D eigenvalue weighted by Crippen LogP contribution is -2.07. The first-order valence-corrected chi connectivity index (χ1v) is 5.23. The number of hydrogen-bond donors (Lipinski definition) is 0. The number of alkyl halides is 3. The van der Waals surface area contributed by atoms with Crippen LogP contribution in [-0.4, -0.2) is 17.6 Å². The van der Waals surface area contributed by atoms with Crippen molar-refractivity contribution in [2.45, 2.75) is 20.0 Å². The van der Waals surface area contributed by atoms with Gasteiger partial charge in [0.1, 0.15) is 5.69 Å². The van der Waals surface area contributed by atoms with Gasteiger partial charge in [0.05, 0.1) is 6.61 Å². The number of halogens is 3. The molecule has 0 radical (unpaired) electrons. The maximum atomic E-state index is 12.3. The second-order valence-corrected chi connectivity index (χ2v) is 3.51. The lowest BCUT2D eigenvalue weighted by molar-refractivity contribution is -0.141. The summed E-state index contributed by atoms with van der Waals surface area (Å²) < 4.78 is 41.5. The first-order valence-electron chi connectivity index (χ1n) is 5.23. The molecule has 0 fully saturated rings. The fraction of sp³-hybridized carbons (Fsp3) is 0.333. The van der Waals surface area contributed by atoms with Gasteiger partial charge in [-0.2, -0.15) is 13.2 Å². The Labute approximate surface area is 102 Å². The standard InChI is InChI=1S/C12H12F3NO2/c1-3-18-11(17)6-8(2)9-4-5-10(16-7-9)12(13,14)15/h4-7H,3H2,1-2H3/b8-6-. The molecule has 0 aliphatic carbocycles. The van der Waals surface area contributed by atoms with Gasteiger partial charge in [0.15, 0.2) is 0 Å². The van der Waals surface area contributed by atoms with E-state index in [2.05, 4.69) is 4.98 Å². The van der Waals surface area contributed by atoms with Crippen LogP contribution in [0.5, 0.6) is 0 Å². The van der Waals surface area contributed by atoms with Crippen molar-refractivity contribution in [1.82, 2.24) is 4.98 Å². The van der Waals surface area contributed by atoms with Crippen LogP contribution in [0.2, 0.25) is 0 Å². The van der Waals surface area contributed by atoms with Gasteiger partial charge in [-0.25, -0.2) is 4.79 Å². The fourth-order valence-electron chi connectivity index (χ4n) is 1.24. The second-order valence-electron chi connectivity index (χ2n) is 3.51. The predicted octanol–water partition coefficient (Wildman–Crippen LogP) is 3.07. The van der Waals surface area contributed by atoms with E-state index in [0.717, 1.165) is 12.3 Å². The summed E-state index contributed by atoms with van der Waals surface area (Å²) in [6.07, 6.45) is -2.17. The number of esters is 1. The number of ether oxygens (including phenoxy) is 1. The summed E-state index contributed by atoms with van der Waals surface area (Å²) >= 11 is 0. The maximum Gasteiger partial charge on any atom is 0.433 e. The molecule has 0 saturated carbocycles. The van der Waals surface area contributed by atoms with Crippen LogP contribution in [0.4, 0.5) is 13.2 Å². The number of allylic oxidation sites excluding steroid dienone is 1. The zero-order valence-corrected chi connectivity index (χ0v) is 9.91. The molecule has 0 aromatic carbocycles. The molecule has 0 amide bonds. The van der Waals surface area contributed by atoms with E-state index in [1.165, 1.54) is 12.1 Å². The normalized spacial score (nSPS) is 12.4. The zero-order chi connectivity index (χ0) is 13.8. The molecule has 1 rings (SSSR count). The van der Waals surface area contributed by atoms with Crippen LogP contribution < -0.4 is 0 Å². The Morgan fingerprint density at radius 1 is 1.44 bits per heavy atom. The van der Waals surface area contributed by atoms with E-state index in [-0.39, 0.29) is 6.61 Å². The average molecular weight is 259 g/mol. The number of pyridine rings is 1. The number of hydrogen-bond acceptors (Lipinski definition) is 3. The molecule has 18 heavy (non-hydrogen) atoms. The van der Waals surface area contributed by atoms with Gasteiger partial charge in [-0.1, -0.05) is 6.07 Å². The first-order chi connectivity index (χ1) is 8.34. The summed E-state index contributed by atoms with van der Waals surface area (Å²) in [5.74, 6) is -0.533. The van der Waals surface area contributed by atoms with E-state index in [0.29, 0.717) is 11.1 Å². The molecule has 0 bridgehead atoms. The number of aromatic nitrogens is 1. The van der Waals surface area contributed by atoms with Crippen LogP contribution in [0.25, 0.3) is 5.57 Å². The third-order valence-corrected chi connectivity index (χ3v) is 2.13. The second kappa shape index (κ2) is 5.66. The van der Waals surface area contributed by atoms with Gasteiger partial charge in [0.2, 0.25) is 0 Å². The number of nitrogens with zero attached hydrogens (tertiary/aromatic N) is 1. The molecular formula is C12H12F3NO2. The average Bonchev–Trinajstić information content (AvgIpc) is 2.28. The van der Waals surface area contributed by atoms with E-state index in [1.807, 2.05) is 0 Å². The van der Waals surface area contributed by atoms with E-state index < -0.39 is 17.8 Å². The minimum atomic E-state index is -4.46. The third-order valence-electron chi connectivity index (χ3n) is 2.13. The molecule has 0 N–H and O–H groups in total. The summed E-state index contributed by atoms with van der Waals surface area (Å²) in [4.78, 5) is 14.5. The third kappa shape index (κ3) is 3.87. The Kier molecular flexibility index (Phi) is 4.47. The van der Waals surface area contributed by atoms with Gasteiger partial charge >= 0.3 is 12.1 Å². The molecular weight excluding hydrogens is 247 g/mol. The highest BCUT2D eigenvalue weighted by molar-refractivity contribution is 5.90. The monoisotopic (exact) mass is 259 g/mol. The molecule has 1 heterocycles. The van der Waals surface area contributed by atoms with Crippen LogP contribution in [-0.2, 0) is 15.7 Å². The molecule has 0 aliphatic rings. The highest BCUT2D eigenvalue weighted by atomic mass is 19.4. The number of rotatable bonds is 3. The van der Waals surface area contributed by atoms with Gasteiger partial charge in [-0.15, -0.1) is 0 Å². The molecule has 6 heteroatoms. The molecule has 0 spiro atoms. The highest BCUT2D eigenvalue weighted by Crippen LogP contribution is 2.27. The van der Waals surface area contributed by atoms with Gasteiger partial charge in [0.25, 0.3) is 0 Å². The van der Waals surface area contributed by atoms with Gasteiger partial charge in [-0.3, -0.25) is 4.98 Å². The van der Waals surface area contributed by atoms with Crippen LogP contribution >= 0.6 is 0 Å². The molecule has 0 unspecified atom stereocenters. The van der Waals surface area contributed by atoms with Crippen molar-refractivity contribution in [2.24, 2.45) is 0 Å². The largest absolute Gasteiger partial charge is 0.463 e. The molecule has 98 valence electrons. The summed E-state index contributed by atoms with van der Waals surface area (Å²) in [5.41, 5.74) is -0.0269. The lowest BCUT2D eigenvalue weighted by Gasteiger charge is -2.06. The van der Waals surface area contributed by atoms with Gasteiger partial charge in [0, 0.05) is 12.3 Å². The Balaban J connectivity index is 2.89. The van der Waals surface area contributed by atoms with Gasteiger partial charge in [-0.05, 0) is 31.1 Å². The molecule has 1 aromatic heterocycles. The van der Waals surface area contributed by atoms with Crippen molar-refractivity contribution < 1.29 is 22.7 Å². The maximum absolute atomic E-state index is 12.3. The molecule has 0 atom stereocenters. The van der Waals surface area contributed by atoms with E-state index in [9.17, 15) is 18.0 Å². The lowest BCUT2D eigenvalue weighted by atomic mass is 10.1. The predicted molar refractivity (Wildman–Crippen MR) is 59.5 cm³/mol. The summed E-state index contributed by atoms with van der Waals surface area (Å²) in [6.45, 7) is 3.51. The van der Waals surface area contributed by atoms with Gasteiger partial charge < -0.3 is 4.74 Å². The van der Waals surface area contributed by atoms with Crippen molar-refractivity contribution >= 4 is 11.5 Å². The van der Waals surface area contributed by atoms with E-state index in [4.69, 9.17) is 4.74 Å². The Hall–Kier alpha value is -1.85. The Morgan fingerprint density at radius 3 is 2.56 bits per heavy atom. The van der Waals surface area contributed by atoms with Crippen LogP contribution in [0.1, 0.15) is 25.1 Å². The molecule has 3 nitrogen and oxygen atoms in total. The van der Waals surface area contributed by atoms with Crippen molar-refractivity contribution in [1.29, 1.82) is 0 Å². The van der Waals surface area contributed by atoms with Crippen LogP contribution in [0.3, 0.4) is 0 Å². The number of carbonyl (C=O) groups is 1. The van der Waals surface area contributed by atoms with E-state index in [1.54, 1.807) is 13.8 Å². The van der Waals surface area contributed by atoms with Crippen molar-refractivity contribution in [3.05, 3.63) is 35.7 Å². The smallest absolute Gasteiger partial charge is 0.433 e. The SMILES string of the molecule is CCOC(=O)/C=C(/C)c1ccc(C(F)(F)F)nc1. The minimum Gasteiger partial charge on any atom is -0.463 e. The molecule has 0 saturated heterocycles. The van der Waals surface area contributed by atoms with Crippen molar-refractivity contribution in [3.8, 4) is 0 Å². The first kappa shape index (κ1) is 14.2. The van der Waals surface area contributed by atoms with Crippen LogP contribution in [0, 0.1) is 0 Å². The van der Waals surface area contributed by atoms with Crippen LogP contribution in [0.15, 0.2) is 24.4 Å². The minimum absolute atomic E-state index is 0.244. The number of carbonyl (C=O) groups excluding carboxylic acids is 1. The molecule has 1 aromatic rings. The van der Waals surface area contributed by atoms with Crippen molar-refractivity contribution in [3.63, 3.8) is 0 Å². The summed E-state index contributed by atoms with van der Waals surface area (Å²) in [7, 11) is 0. The summed E-state index contributed by atoms with van der Waals surface area (Å²) in [5, 5.41) is 0. The quantitative estimate of drug-likeness (QED) is 0.618. The Morgan fingerprint density at radius 2 is 2.11 bits per heavy atom. The van der Waals surface area contributed by atoms with Crippen molar-refractivity contribution in [2.75, 3.05) is 6.61 Å². The van der Waals surface area contributed by atoms with E-state index >= 15 is 0 Å². The molecule has 0 aliphatic heterocycles. The Bertz CT molecular complexity index is 449. The summed E-state index contributed by atoms with van der Waals surface area (Å²) in [6, 6.07) is 2.14. The fourth-order valence-corrected chi connectivity index (χ4v) is 1.24.